The van der Waals surface area contributed by atoms with E-state index in [1.54, 1.807) is 6.20 Å². The Balaban J connectivity index is 0.000000319. The van der Waals surface area contributed by atoms with Gasteiger partial charge in [-0.05, 0) is 11.8 Å². The van der Waals surface area contributed by atoms with Crippen LogP contribution in [0.5, 0.6) is 0 Å². The number of hydrogen-bond donors (Lipinski definition) is 0. The van der Waals surface area contributed by atoms with Crippen LogP contribution in [-0.4, -0.2) is 24.5 Å². The van der Waals surface area contributed by atoms with Gasteiger partial charge in [0.2, 0.25) is 0 Å². The summed E-state index contributed by atoms with van der Waals surface area (Å²) in [6.45, 7) is 9.27. The van der Waals surface area contributed by atoms with Crippen LogP contribution in [0.1, 0.15) is 50.7 Å². The van der Waals surface area contributed by atoms with Gasteiger partial charge in [0.1, 0.15) is 0 Å². The van der Waals surface area contributed by atoms with Crippen molar-refractivity contribution in [3.63, 3.8) is 0 Å². The zero-order valence-electron chi connectivity index (χ0n) is 33.4. The maximum atomic E-state index is 6.40. The van der Waals surface area contributed by atoms with Gasteiger partial charge >= 0.3 is 259 Å². The number of aromatic nitrogens is 2. The maximum absolute atomic E-state index is 6.40. The van der Waals surface area contributed by atoms with E-state index in [2.05, 4.69) is 148 Å². The van der Waals surface area contributed by atoms with Gasteiger partial charge in [0, 0.05) is 26.3 Å². The van der Waals surface area contributed by atoms with Gasteiger partial charge in [-0.1, -0.05) is 30.3 Å². The second-order valence-electron chi connectivity index (χ2n) is 15.1. The minimum absolute atomic E-state index is 0. The first-order valence-corrected chi connectivity index (χ1v) is 21.6. The molecule has 0 saturated heterocycles. The van der Waals surface area contributed by atoms with Gasteiger partial charge in [-0.25, -0.2) is 0 Å². The fraction of sp³-hybridized carbons (Fsp3) is 0.111. The van der Waals surface area contributed by atoms with Crippen LogP contribution in [-0.2, 0) is 20.1 Å². The molecule has 0 saturated carbocycles. The third-order valence-corrected chi connectivity index (χ3v) is 13.0. The van der Waals surface area contributed by atoms with Crippen LogP contribution in [0, 0.1) is 12.1 Å². The van der Waals surface area contributed by atoms with Crippen LogP contribution in [0.2, 0.25) is 0 Å². The van der Waals surface area contributed by atoms with Gasteiger partial charge in [-0.3, -0.25) is 0 Å². The van der Waals surface area contributed by atoms with Crippen molar-refractivity contribution in [2.75, 3.05) is 0 Å². The van der Waals surface area contributed by atoms with Gasteiger partial charge in [-0.2, -0.15) is 0 Å². The van der Waals surface area contributed by atoms with Crippen LogP contribution in [0.4, 0.5) is 0 Å². The van der Waals surface area contributed by atoms with Gasteiger partial charge in [0.05, 0.1) is 0 Å². The average Bonchev–Trinajstić information content (AvgIpc) is 3.89. The number of benzene rings is 7. The monoisotopic (exact) mass is 1010 g/mol. The van der Waals surface area contributed by atoms with Crippen molar-refractivity contribution < 1.29 is 24.5 Å². The van der Waals surface area contributed by atoms with E-state index in [9.17, 15) is 0 Å². The van der Waals surface area contributed by atoms with Crippen LogP contribution in [0.3, 0.4) is 0 Å². The number of pyridine rings is 1. The summed E-state index contributed by atoms with van der Waals surface area (Å²) in [6, 6.07) is 63.8. The van der Waals surface area contributed by atoms with Crippen LogP contribution in [0.15, 0.2) is 174 Å². The number of fused-ring (bicyclic) bond motifs is 4. The fourth-order valence-electron chi connectivity index (χ4n) is 7.74. The third kappa shape index (κ3) is 8.18. The molecule has 0 atom stereocenters. The number of rotatable bonds is 7. The molecule has 0 spiro atoms. The Kier molecular flexibility index (Phi) is 12.0. The molecule has 3 nitrogen and oxygen atoms in total. The summed E-state index contributed by atoms with van der Waals surface area (Å²) in [5.41, 5.74) is 16.3. The first kappa shape index (κ1) is 40.1. The number of furan rings is 1. The molecule has 0 unspecified atom stereocenters. The Bertz CT molecular complexity index is 2920. The van der Waals surface area contributed by atoms with E-state index in [4.69, 9.17) is 9.40 Å². The zero-order chi connectivity index (χ0) is 39.6. The number of hydrogen-bond acceptors (Lipinski definition) is 3. The standard InChI is InChI=1S/C43H34NOSe.C11H8N.Ir/c1-26(2)36-24-31(30-22-20-29(21-23-30)28-12-6-5-7-13-28)25-37(27(3)4)40(36)34-16-11-18-38-42(34)46-43(44-38)35-17-10-15-33-32-14-8-9-19-39(32)45-41(33)35;1-2-6-10(7-3-1)11-8-4-5-9-12-11;/h5-16,18-27H,1-4H3;1-6,8-9H;/q2*-1;. The molecule has 3 heterocycles. The molecule has 291 valence electrons. The predicted octanol–water partition coefficient (Wildman–Crippen LogP) is 14.5. The molecule has 0 N–H and O–H groups in total. The summed E-state index contributed by atoms with van der Waals surface area (Å²) >= 11 is 0.00409. The van der Waals surface area contributed by atoms with E-state index in [1.807, 2.05) is 60.7 Å². The molecule has 5 heteroatoms. The Morgan fingerprint density at radius 1 is 0.576 bits per heavy atom. The van der Waals surface area contributed by atoms with Crippen molar-refractivity contribution in [2.24, 2.45) is 0 Å². The van der Waals surface area contributed by atoms with Crippen molar-refractivity contribution in [3.05, 3.63) is 193 Å². The molecule has 0 bridgehead atoms. The average molecular weight is 1010 g/mol. The largest absolute Gasteiger partial charge is 0.305 e. The van der Waals surface area contributed by atoms with Gasteiger partial charge in [-0.15, -0.1) is 35.9 Å². The molecular weight excluding hydrogens is 964 g/mol. The van der Waals surface area contributed by atoms with Crippen LogP contribution < -0.4 is 0 Å². The summed E-state index contributed by atoms with van der Waals surface area (Å²) in [5.74, 6) is 0.720. The van der Waals surface area contributed by atoms with Crippen molar-refractivity contribution in [3.8, 4) is 54.8 Å². The first-order chi connectivity index (χ1) is 28.4. The van der Waals surface area contributed by atoms with E-state index >= 15 is 0 Å². The van der Waals surface area contributed by atoms with Crippen molar-refractivity contribution in [1.82, 2.24) is 9.97 Å². The zero-order valence-corrected chi connectivity index (χ0v) is 37.5. The van der Waals surface area contributed by atoms with Gasteiger partial charge < -0.3 is 4.98 Å². The fourth-order valence-corrected chi connectivity index (χ4v) is 10.0. The molecule has 1 radical (unpaired) electrons. The molecule has 0 fully saturated rings. The van der Waals surface area contributed by atoms with Crippen molar-refractivity contribution in [1.29, 1.82) is 0 Å². The Morgan fingerprint density at radius 3 is 1.95 bits per heavy atom. The molecule has 59 heavy (non-hydrogen) atoms. The Labute approximate surface area is 365 Å². The van der Waals surface area contributed by atoms with E-state index in [0.29, 0.717) is 11.8 Å². The minimum Gasteiger partial charge on any atom is -0.305 e. The van der Waals surface area contributed by atoms with Crippen molar-refractivity contribution in [2.45, 2.75) is 39.5 Å². The summed E-state index contributed by atoms with van der Waals surface area (Å²) in [4.78, 5) is 9.45. The number of nitrogens with zero attached hydrogens (tertiary/aromatic N) is 2. The third-order valence-electron chi connectivity index (χ3n) is 10.7. The van der Waals surface area contributed by atoms with Gasteiger partial charge in [0.25, 0.3) is 0 Å². The first-order valence-electron chi connectivity index (χ1n) is 19.9. The number of para-hydroxylation sites is 1. The van der Waals surface area contributed by atoms with Crippen LogP contribution >= 0.6 is 0 Å². The summed E-state index contributed by atoms with van der Waals surface area (Å²) in [6.07, 6.45) is 1.79. The molecular formula is C54H42IrN2OSe-2. The van der Waals surface area contributed by atoms with E-state index in [1.165, 1.54) is 48.8 Å². The summed E-state index contributed by atoms with van der Waals surface area (Å²) in [7, 11) is 0. The summed E-state index contributed by atoms with van der Waals surface area (Å²) < 4.78 is 8.82. The van der Waals surface area contributed by atoms with Gasteiger partial charge in [0.15, 0.2) is 0 Å². The molecule has 7 aromatic carbocycles. The van der Waals surface area contributed by atoms with Crippen molar-refractivity contribution >= 4 is 46.2 Å². The molecule has 0 amide bonds. The molecule has 0 aliphatic rings. The normalized spacial score (nSPS) is 11.2. The molecule has 10 aromatic rings. The minimum atomic E-state index is 0. The topological polar surface area (TPSA) is 38.9 Å². The Hall–Kier alpha value is -5.67. The smallest absolute Gasteiger partial charge is 0.0160 e. The SMILES string of the molecule is CC(C)c1cc(-c2ccc(-c3ccccc3)cc2)cc(C(C)C)c1-c1cccc2nc(-c3[c-]ccc4c3oc3ccccc34)[se]c12.[Ir].[c-]1ccccc1-c1ccccn1. The van der Waals surface area contributed by atoms with E-state index in [-0.39, 0.29) is 34.6 Å². The second kappa shape index (κ2) is 17.7. The quantitative estimate of drug-likeness (QED) is 0.118. The summed E-state index contributed by atoms with van der Waals surface area (Å²) in [5, 5.41) is 2.26. The van der Waals surface area contributed by atoms with Crippen LogP contribution in [0.25, 0.3) is 86.5 Å². The van der Waals surface area contributed by atoms with E-state index < -0.39 is 0 Å². The maximum Gasteiger partial charge on any atom is 0.0160 e. The van der Waals surface area contributed by atoms with E-state index in [0.717, 1.165) is 48.8 Å². The predicted molar refractivity (Wildman–Crippen MR) is 243 cm³/mol. The molecule has 10 rings (SSSR count). The molecule has 0 aliphatic carbocycles. The molecule has 3 aromatic heterocycles. The Morgan fingerprint density at radius 2 is 1.25 bits per heavy atom. The molecule has 0 aliphatic heterocycles. The second-order valence-corrected chi connectivity index (χ2v) is 17.2.